The van der Waals surface area contributed by atoms with E-state index in [2.05, 4.69) is 11.8 Å². The summed E-state index contributed by atoms with van der Waals surface area (Å²) in [5.41, 5.74) is 2.95. The SMILES string of the molecule is CC(c1ccc(Cl)cc1)N(C)c1ccc(Cl)cc1CO. The summed E-state index contributed by atoms with van der Waals surface area (Å²) in [6.45, 7) is 2.08. The van der Waals surface area contributed by atoms with Crippen molar-refractivity contribution in [3.63, 3.8) is 0 Å². The molecular weight excluding hydrogens is 293 g/mol. The molecule has 0 amide bonds. The fourth-order valence-electron chi connectivity index (χ4n) is 2.20. The molecule has 20 heavy (non-hydrogen) atoms. The van der Waals surface area contributed by atoms with Crippen LogP contribution < -0.4 is 4.90 Å². The zero-order chi connectivity index (χ0) is 14.7. The largest absolute Gasteiger partial charge is 0.392 e. The van der Waals surface area contributed by atoms with E-state index < -0.39 is 0 Å². The zero-order valence-electron chi connectivity index (χ0n) is 11.5. The Hall–Kier alpha value is -1.22. The van der Waals surface area contributed by atoms with Crippen LogP contribution in [0.2, 0.25) is 10.0 Å². The molecule has 2 aromatic rings. The Morgan fingerprint density at radius 3 is 2.25 bits per heavy atom. The maximum atomic E-state index is 9.48. The minimum absolute atomic E-state index is 0.0342. The highest BCUT2D eigenvalue weighted by molar-refractivity contribution is 6.31. The maximum Gasteiger partial charge on any atom is 0.0702 e. The van der Waals surface area contributed by atoms with E-state index in [1.54, 1.807) is 6.07 Å². The quantitative estimate of drug-likeness (QED) is 0.886. The fourth-order valence-corrected chi connectivity index (χ4v) is 2.52. The van der Waals surface area contributed by atoms with Crippen LogP contribution in [0.15, 0.2) is 42.5 Å². The Labute approximate surface area is 129 Å². The van der Waals surface area contributed by atoms with Gasteiger partial charge in [-0.15, -0.1) is 0 Å². The van der Waals surface area contributed by atoms with Crippen LogP contribution in [-0.2, 0) is 6.61 Å². The molecule has 0 saturated heterocycles. The predicted octanol–water partition coefficient (Wildman–Crippen LogP) is 4.68. The van der Waals surface area contributed by atoms with E-state index in [0.29, 0.717) is 5.02 Å². The normalized spacial score (nSPS) is 12.2. The van der Waals surface area contributed by atoms with Crippen LogP contribution in [0.3, 0.4) is 0 Å². The van der Waals surface area contributed by atoms with Crippen molar-refractivity contribution in [1.29, 1.82) is 0 Å². The van der Waals surface area contributed by atoms with Crippen LogP contribution in [-0.4, -0.2) is 12.2 Å². The van der Waals surface area contributed by atoms with Gasteiger partial charge in [-0.1, -0.05) is 35.3 Å². The van der Waals surface area contributed by atoms with Gasteiger partial charge in [0, 0.05) is 28.3 Å². The predicted molar refractivity (Wildman–Crippen MR) is 85.6 cm³/mol. The highest BCUT2D eigenvalue weighted by atomic mass is 35.5. The number of aliphatic hydroxyl groups is 1. The fraction of sp³-hybridized carbons (Fsp3) is 0.250. The minimum atomic E-state index is -0.0342. The van der Waals surface area contributed by atoms with Gasteiger partial charge in [0.05, 0.1) is 12.6 Å². The Kier molecular flexibility index (Phi) is 4.92. The lowest BCUT2D eigenvalue weighted by Crippen LogP contribution is -2.22. The summed E-state index contributed by atoms with van der Waals surface area (Å²) in [7, 11) is 2.00. The van der Waals surface area contributed by atoms with Gasteiger partial charge in [-0.3, -0.25) is 0 Å². The van der Waals surface area contributed by atoms with Crippen molar-refractivity contribution in [2.24, 2.45) is 0 Å². The van der Waals surface area contributed by atoms with Crippen LogP contribution in [0.5, 0.6) is 0 Å². The topological polar surface area (TPSA) is 23.5 Å². The van der Waals surface area contributed by atoms with Crippen molar-refractivity contribution in [3.05, 3.63) is 63.6 Å². The lowest BCUT2D eigenvalue weighted by atomic mass is 10.1. The van der Waals surface area contributed by atoms with Crippen LogP contribution >= 0.6 is 23.2 Å². The summed E-state index contributed by atoms with van der Waals surface area (Å²) < 4.78 is 0. The lowest BCUT2D eigenvalue weighted by molar-refractivity contribution is 0.282. The summed E-state index contributed by atoms with van der Waals surface area (Å²) >= 11 is 11.9. The van der Waals surface area contributed by atoms with Gasteiger partial charge in [-0.05, 0) is 42.8 Å². The molecule has 2 rings (SSSR count). The van der Waals surface area contributed by atoms with Crippen LogP contribution in [0.4, 0.5) is 5.69 Å². The first-order valence-corrected chi connectivity index (χ1v) is 7.16. The van der Waals surface area contributed by atoms with Gasteiger partial charge >= 0.3 is 0 Å². The molecule has 0 radical (unpaired) electrons. The number of anilines is 1. The number of rotatable bonds is 4. The average molecular weight is 310 g/mol. The summed E-state index contributed by atoms with van der Waals surface area (Å²) in [5, 5.41) is 10.8. The number of benzene rings is 2. The standard InChI is InChI=1S/C16H17Cl2NO/c1-11(12-3-5-14(17)6-4-12)19(2)16-8-7-15(18)9-13(16)10-20/h3-9,11,20H,10H2,1-2H3. The Balaban J connectivity index is 2.30. The second kappa shape index (κ2) is 6.49. The number of halogens is 2. The minimum Gasteiger partial charge on any atom is -0.392 e. The van der Waals surface area contributed by atoms with Gasteiger partial charge in [-0.25, -0.2) is 0 Å². The van der Waals surface area contributed by atoms with E-state index in [9.17, 15) is 5.11 Å². The summed E-state index contributed by atoms with van der Waals surface area (Å²) in [4.78, 5) is 2.12. The Morgan fingerprint density at radius 2 is 1.65 bits per heavy atom. The number of hydrogen-bond acceptors (Lipinski definition) is 2. The van der Waals surface area contributed by atoms with Crippen LogP contribution in [0, 0.1) is 0 Å². The molecule has 0 aromatic heterocycles. The molecule has 0 aliphatic rings. The molecule has 1 unspecified atom stereocenters. The smallest absolute Gasteiger partial charge is 0.0702 e. The monoisotopic (exact) mass is 309 g/mol. The van der Waals surface area contributed by atoms with Crippen molar-refractivity contribution in [2.75, 3.05) is 11.9 Å². The van der Waals surface area contributed by atoms with Crippen LogP contribution in [0.25, 0.3) is 0 Å². The molecule has 0 saturated carbocycles. The molecule has 0 fully saturated rings. The lowest BCUT2D eigenvalue weighted by Gasteiger charge is -2.29. The molecular formula is C16H17Cl2NO. The Morgan fingerprint density at radius 1 is 1.05 bits per heavy atom. The number of nitrogens with zero attached hydrogens (tertiary/aromatic N) is 1. The first kappa shape index (κ1) is 15.2. The van der Waals surface area contributed by atoms with Crippen molar-refractivity contribution in [1.82, 2.24) is 0 Å². The van der Waals surface area contributed by atoms with Gasteiger partial charge in [0.1, 0.15) is 0 Å². The van der Waals surface area contributed by atoms with Crippen molar-refractivity contribution < 1.29 is 5.11 Å². The molecule has 106 valence electrons. The number of aliphatic hydroxyl groups excluding tert-OH is 1. The second-order valence-corrected chi connectivity index (χ2v) is 5.64. The molecule has 2 aromatic carbocycles. The van der Waals surface area contributed by atoms with Gasteiger partial charge in [0.15, 0.2) is 0 Å². The van der Waals surface area contributed by atoms with Crippen molar-refractivity contribution in [3.8, 4) is 0 Å². The maximum absolute atomic E-state index is 9.48. The molecule has 4 heteroatoms. The molecule has 1 N–H and O–H groups in total. The van der Waals surface area contributed by atoms with E-state index in [-0.39, 0.29) is 12.6 Å². The van der Waals surface area contributed by atoms with E-state index in [1.165, 1.54) is 0 Å². The van der Waals surface area contributed by atoms with Gasteiger partial charge in [0.25, 0.3) is 0 Å². The average Bonchev–Trinajstić information content (AvgIpc) is 2.46. The van der Waals surface area contributed by atoms with Gasteiger partial charge in [-0.2, -0.15) is 0 Å². The van der Waals surface area contributed by atoms with Crippen molar-refractivity contribution in [2.45, 2.75) is 19.6 Å². The highest BCUT2D eigenvalue weighted by Gasteiger charge is 2.15. The first-order chi connectivity index (χ1) is 9.52. The van der Waals surface area contributed by atoms with E-state index in [0.717, 1.165) is 21.8 Å². The summed E-state index contributed by atoms with van der Waals surface area (Å²) in [6, 6.07) is 13.5. The molecule has 0 bridgehead atoms. The number of hydrogen-bond donors (Lipinski definition) is 1. The molecule has 0 heterocycles. The van der Waals surface area contributed by atoms with E-state index >= 15 is 0 Å². The van der Waals surface area contributed by atoms with E-state index in [4.69, 9.17) is 23.2 Å². The second-order valence-electron chi connectivity index (χ2n) is 4.77. The van der Waals surface area contributed by atoms with Gasteiger partial charge < -0.3 is 10.0 Å². The first-order valence-electron chi connectivity index (χ1n) is 6.40. The van der Waals surface area contributed by atoms with Crippen LogP contribution in [0.1, 0.15) is 24.1 Å². The molecule has 0 spiro atoms. The van der Waals surface area contributed by atoms with Gasteiger partial charge in [0.2, 0.25) is 0 Å². The molecule has 0 aliphatic heterocycles. The highest BCUT2D eigenvalue weighted by Crippen LogP contribution is 2.30. The Bertz CT molecular complexity index is 584. The zero-order valence-corrected chi connectivity index (χ0v) is 13.0. The third-order valence-electron chi connectivity index (χ3n) is 3.53. The summed E-state index contributed by atoms with van der Waals surface area (Å²) in [5.74, 6) is 0. The molecule has 2 nitrogen and oxygen atoms in total. The third kappa shape index (κ3) is 3.26. The molecule has 0 aliphatic carbocycles. The van der Waals surface area contributed by atoms with E-state index in [1.807, 2.05) is 43.4 Å². The summed E-state index contributed by atoms with van der Waals surface area (Å²) in [6.07, 6.45) is 0. The molecule has 1 atom stereocenters. The third-order valence-corrected chi connectivity index (χ3v) is 4.01. The van der Waals surface area contributed by atoms with Crippen molar-refractivity contribution >= 4 is 28.9 Å².